The van der Waals surface area contributed by atoms with Gasteiger partial charge in [0.2, 0.25) is 11.9 Å². The molecular weight excluding hydrogens is 369 g/mol. The van der Waals surface area contributed by atoms with E-state index in [0.29, 0.717) is 31.1 Å². The van der Waals surface area contributed by atoms with Gasteiger partial charge in [0.1, 0.15) is 5.54 Å². The van der Waals surface area contributed by atoms with Crippen LogP contribution in [0.3, 0.4) is 0 Å². The Labute approximate surface area is 160 Å². The summed E-state index contributed by atoms with van der Waals surface area (Å²) in [6.45, 7) is 0.804. The molecule has 4 rings (SSSR count). The number of carbonyl (C=O) groups is 2. The molecule has 2 aliphatic rings. The van der Waals surface area contributed by atoms with Crippen LogP contribution < -0.4 is 10.6 Å². The zero-order valence-corrected chi connectivity index (χ0v) is 15.5. The zero-order chi connectivity index (χ0) is 18.9. The minimum Gasteiger partial charge on any atom is -0.351 e. The first-order chi connectivity index (χ1) is 13.1. The van der Waals surface area contributed by atoms with Gasteiger partial charge in [-0.15, -0.1) is 11.3 Å². The van der Waals surface area contributed by atoms with Crippen LogP contribution in [0.15, 0.2) is 29.9 Å². The number of aromatic nitrogens is 2. The number of carbonyl (C=O) groups excluding carboxylic acids is 2. The number of piperidine rings is 1. The molecule has 2 N–H and O–H groups in total. The van der Waals surface area contributed by atoms with Crippen molar-refractivity contribution in [2.75, 3.05) is 18.4 Å². The van der Waals surface area contributed by atoms with Crippen molar-refractivity contribution in [3.63, 3.8) is 0 Å². The van der Waals surface area contributed by atoms with Gasteiger partial charge in [-0.1, -0.05) is 0 Å². The third-order valence-corrected chi connectivity index (χ3v) is 5.69. The number of hydrogen-bond acceptors (Lipinski definition) is 6. The molecule has 3 heterocycles. The van der Waals surface area contributed by atoms with Gasteiger partial charge in [0.15, 0.2) is 5.13 Å². The van der Waals surface area contributed by atoms with Gasteiger partial charge < -0.3 is 15.5 Å². The first-order valence-corrected chi connectivity index (χ1v) is 9.83. The quantitative estimate of drug-likeness (QED) is 0.765. The Hall–Kier alpha value is -2.55. The molecule has 1 aliphatic heterocycles. The van der Waals surface area contributed by atoms with E-state index in [1.807, 2.05) is 5.38 Å². The number of halogens is 1. The molecule has 0 atom stereocenters. The summed E-state index contributed by atoms with van der Waals surface area (Å²) in [7, 11) is 0. The van der Waals surface area contributed by atoms with Crippen LogP contribution in [0.2, 0.25) is 0 Å². The number of nitrogens with zero attached hydrogens (tertiary/aromatic N) is 3. The van der Waals surface area contributed by atoms with E-state index in [9.17, 15) is 14.0 Å². The van der Waals surface area contributed by atoms with E-state index in [1.54, 1.807) is 11.1 Å². The molecule has 7 nitrogen and oxygen atoms in total. The highest BCUT2D eigenvalue weighted by Crippen LogP contribution is 2.31. The van der Waals surface area contributed by atoms with E-state index in [2.05, 4.69) is 20.6 Å². The van der Waals surface area contributed by atoms with E-state index in [1.165, 1.54) is 23.6 Å². The summed E-state index contributed by atoms with van der Waals surface area (Å²) in [6.07, 6.45) is 5.92. The minimum atomic E-state index is -0.791. The fourth-order valence-corrected chi connectivity index (χ4v) is 3.89. The van der Waals surface area contributed by atoms with Crippen molar-refractivity contribution in [1.29, 1.82) is 0 Å². The lowest BCUT2D eigenvalue weighted by Crippen LogP contribution is -2.59. The number of pyridine rings is 1. The van der Waals surface area contributed by atoms with Crippen molar-refractivity contribution in [2.45, 2.75) is 37.3 Å². The Kier molecular flexibility index (Phi) is 4.77. The van der Waals surface area contributed by atoms with E-state index < -0.39 is 11.5 Å². The Bertz CT molecular complexity index is 832. The molecule has 0 spiro atoms. The summed E-state index contributed by atoms with van der Waals surface area (Å²) in [5, 5.41) is 8.92. The van der Waals surface area contributed by atoms with Crippen LogP contribution in [0.1, 0.15) is 36.0 Å². The van der Waals surface area contributed by atoms with Crippen molar-refractivity contribution >= 4 is 28.3 Å². The number of rotatable bonds is 5. The van der Waals surface area contributed by atoms with Crippen LogP contribution in [0.4, 0.5) is 9.52 Å². The summed E-state index contributed by atoms with van der Waals surface area (Å²) < 4.78 is 13.3. The summed E-state index contributed by atoms with van der Waals surface area (Å²) in [4.78, 5) is 34.9. The van der Waals surface area contributed by atoms with Crippen molar-refractivity contribution in [1.82, 2.24) is 20.2 Å². The van der Waals surface area contributed by atoms with Crippen LogP contribution in [0, 0.1) is 5.95 Å². The Morgan fingerprint density at radius 3 is 2.63 bits per heavy atom. The van der Waals surface area contributed by atoms with Gasteiger partial charge in [-0.3, -0.25) is 9.59 Å². The fourth-order valence-electron chi connectivity index (χ4n) is 3.26. The number of thiazole rings is 1. The smallest absolute Gasteiger partial charge is 0.254 e. The lowest BCUT2D eigenvalue weighted by molar-refractivity contribution is -0.127. The van der Waals surface area contributed by atoms with Crippen LogP contribution in [-0.2, 0) is 4.79 Å². The molecule has 1 saturated carbocycles. The second-order valence-corrected chi connectivity index (χ2v) is 7.85. The molecule has 0 aromatic carbocycles. The fraction of sp³-hybridized carbons (Fsp3) is 0.444. The predicted octanol–water partition coefficient (Wildman–Crippen LogP) is 2.04. The second-order valence-electron chi connectivity index (χ2n) is 6.95. The number of nitrogens with one attached hydrogen (secondary N) is 2. The molecule has 0 bridgehead atoms. The van der Waals surface area contributed by atoms with Crippen LogP contribution >= 0.6 is 11.3 Å². The highest BCUT2D eigenvalue weighted by molar-refractivity contribution is 7.13. The Balaban J connectivity index is 1.48. The molecule has 142 valence electrons. The lowest BCUT2D eigenvalue weighted by Gasteiger charge is -2.41. The molecule has 2 amide bonds. The number of anilines is 1. The minimum absolute atomic E-state index is 0.0396. The average molecular weight is 389 g/mol. The Morgan fingerprint density at radius 1 is 1.22 bits per heavy atom. The van der Waals surface area contributed by atoms with Crippen molar-refractivity contribution in [3.8, 4) is 0 Å². The van der Waals surface area contributed by atoms with E-state index >= 15 is 0 Å². The summed E-state index contributed by atoms with van der Waals surface area (Å²) in [5.74, 6) is -0.967. The largest absolute Gasteiger partial charge is 0.351 e. The first kappa shape index (κ1) is 17.8. The maximum Gasteiger partial charge on any atom is 0.254 e. The zero-order valence-electron chi connectivity index (χ0n) is 14.7. The molecule has 0 unspecified atom stereocenters. The van der Waals surface area contributed by atoms with Crippen LogP contribution in [-0.4, -0.2) is 51.4 Å². The van der Waals surface area contributed by atoms with Crippen molar-refractivity contribution in [3.05, 3.63) is 41.4 Å². The third kappa shape index (κ3) is 3.92. The third-order valence-electron chi connectivity index (χ3n) is 5.00. The van der Waals surface area contributed by atoms with Gasteiger partial charge >= 0.3 is 0 Å². The van der Waals surface area contributed by atoms with E-state index in [4.69, 9.17) is 0 Å². The number of likely N-dealkylation sites (tertiary alicyclic amines) is 1. The summed E-state index contributed by atoms with van der Waals surface area (Å²) in [5.41, 5.74) is -0.522. The summed E-state index contributed by atoms with van der Waals surface area (Å²) in [6, 6.07) is 2.89. The van der Waals surface area contributed by atoms with Crippen LogP contribution in [0.5, 0.6) is 0 Å². The number of amides is 2. The topological polar surface area (TPSA) is 87.2 Å². The van der Waals surface area contributed by atoms with Crippen molar-refractivity contribution < 1.29 is 14.0 Å². The van der Waals surface area contributed by atoms with Crippen LogP contribution in [0.25, 0.3) is 0 Å². The molecule has 2 fully saturated rings. The summed E-state index contributed by atoms with van der Waals surface area (Å²) >= 11 is 1.44. The molecule has 27 heavy (non-hydrogen) atoms. The van der Waals surface area contributed by atoms with Gasteiger partial charge in [-0.2, -0.15) is 4.39 Å². The monoisotopic (exact) mass is 389 g/mol. The van der Waals surface area contributed by atoms with Crippen molar-refractivity contribution in [2.24, 2.45) is 0 Å². The van der Waals surface area contributed by atoms with Gasteiger partial charge in [-0.05, 0) is 31.7 Å². The first-order valence-electron chi connectivity index (χ1n) is 8.95. The molecule has 1 saturated heterocycles. The average Bonchev–Trinajstić information content (AvgIpc) is 3.34. The number of hydrogen-bond donors (Lipinski definition) is 2. The van der Waals surface area contributed by atoms with E-state index in [0.717, 1.165) is 18.9 Å². The Morgan fingerprint density at radius 2 is 2.00 bits per heavy atom. The molecule has 2 aromatic rings. The molecule has 2 aromatic heterocycles. The van der Waals surface area contributed by atoms with Gasteiger partial charge in [-0.25, -0.2) is 9.97 Å². The highest BCUT2D eigenvalue weighted by atomic mass is 32.1. The lowest BCUT2D eigenvalue weighted by atomic mass is 9.86. The van der Waals surface area contributed by atoms with Gasteiger partial charge in [0, 0.05) is 48.5 Å². The maximum absolute atomic E-state index is 13.3. The molecule has 0 radical (unpaired) electrons. The SMILES string of the molecule is O=C(c1ccnc(F)c1)N1CCC(Nc2nccs2)(C(=O)NC2CC2)CC1. The molecular formula is C18H20FN5O2S. The second kappa shape index (κ2) is 7.22. The van der Waals surface area contributed by atoms with Gasteiger partial charge in [0.25, 0.3) is 5.91 Å². The normalized spacial score (nSPS) is 18.8. The highest BCUT2D eigenvalue weighted by Gasteiger charge is 2.44. The molecule has 1 aliphatic carbocycles. The predicted molar refractivity (Wildman–Crippen MR) is 99.0 cm³/mol. The van der Waals surface area contributed by atoms with E-state index in [-0.39, 0.29) is 23.4 Å². The maximum atomic E-state index is 13.3. The molecule has 9 heteroatoms. The standard InChI is InChI=1S/C18H20FN5O2S/c19-14-11-12(3-6-20-14)15(25)24-8-4-18(5-9-24,16(26)22-13-1-2-13)23-17-21-7-10-27-17/h3,6-7,10-11,13H,1-2,4-5,8-9H2,(H,21,23)(H,22,26). The van der Waals surface area contributed by atoms with Gasteiger partial charge in [0.05, 0.1) is 0 Å².